The van der Waals surface area contributed by atoms with E-state index in [9.17, 15) is 14.4 Å². The van der Waals surface area contributed by atoms with E-state index in [0.29, 0.717) is 11.3 Å². The van der Waals surface area contributed by atoms with Gasteiger partial charge in [0.2, 0.25) is 11.8 Å². The van der Waals surface area contributed by atoms with E-state index in [1.807, 2.05) is 31.2 Å². The maximum atomic E-state index is 12.2. The average Bonchev–Trinajstić information content (AvgIpc) is 2.71. The number of hydrogen-bond acceptors (Lipinski definition) is 4. The van der Waals surface area contributed by atoms with Crippen molar-refractivity contribution in [2.75, 3.05) is 32.6 Å². The summed E-state index contributed by atoms with van der Waals surface area (Å²) in [6, 6.07) is 14.2. The lowest BCUT2D eigenvalue weighted by Gasteiger charge is -2.18. The lowest BCUT2D eigenvalue weighted by Crippen LogP contribution is -2.41. The molecule has 2 N–H and O–H groups in total. The van der Waals surface area contributed by atoms with Gasteiger partial charge < -0.3 is 20.3 Å². The molecule has 148 valence electrons. The highest BCUT2D eigenvalue weighted by Gasteiger charge is 2.15. The van der Waals surface area contributed by atoms with Gasteiger partial charge in [0, 0.05) is 18.3 Å². The molecule has 3 amide bonds. The highest BCUT2D eigenvalue weighted by atomic mass is 16.5. The maximum Gasteiger partial charge on any atom is 0.251 e. The van der Waals surface area contributed by atoms with E-state index in [1.54, 1.807) is 24.3 Å². The second kappa shape index (κ2) is 10.1. The molecule has 0 bridgehead atoms. The average molecular weight is 383 g/mol. The van der Waals surface area contributed by atoms with Gasteiger partial charge in [-0.05, 0) is 36.2 Å². The molecule has 0 aliphatic rings. The third-order valence-electron chi connectivity index (χ3n) is 4.21. The minimum absolute atomic E-state index is 0.105. The van der Waals surface area contributed by atoms with Crippen LogP contribution in [0.1, 0.15) is 22.8 Å². The molecule has 2 rings (SSSR count). The van der Waals surface area contributed by atoms with Crippen LogP contribution in [0.4, 0.5) is 5.69 Å². The topological polar surface area (TPSA) is 87.7 Å². The van der Waals surface area contributed by atoms with Gasteiger partial charge >= 0.3 is 0 Å². The van der Waals surface area contributed by atoms with Crippen molar-refractivity contribution in [1.29, 1.82) is 0 Å². The third kappa shape index (κ3) is 5.84. The number of methoxy groups -OCH3 is 1. The van der Waals surface area contributed by atoms with Crippen LogP contribution in [0.5, 0.6) is 5.75 Å². The van der Waals surface area contributed by atoms with E-state index in [-0.39, 0.29) is 30.8 Å². The van der Waals surface area contributed by atoms with E-state index < -0.39 is 0 Å². The Kier molecular flexibility index (Phi) is 7.56. The first-order valence-corrected chi connectivity index (χ1v) is 8.98. The number of para-hydroxylation sites is 1. The molecule has 0 heterocycles. The normalized spacial score (nSPS) is 10.1. The summed E-state index contributed by atoms with van der Waals surface area (Å²) in [4.78, 5) is 37.9. The Hall–Kier alpha value is -3.35. The van der Waals surface area contributed by atoms with Crippen molar-refractivity contribution in [1.82, 2.24) is 10.2 Å². The Morgan fingerprint density at radius 2 is 1.82 bits per heavy atom. The zero-order valence-electron chi connectivity index (χ0n) is 16.3. The van der Waals surface area contributed by atoms with Gasteiger partial charge in [-0.3, -0.25) is 14.4 Å². The van der Waals surface area contributed by atoms with Crippen LogP contribution < -0.4 is 15.4 Å². The molecule has 0 atom stereocenters. The summed E-state index contributed by atoms with van der Waals surface area (Å²) in [5, 5.41) is 5.37. The number of amides is 3. The van der Waals surface area contributed by atoms with Crippen molar-refractivity contribution in [2.24, 2.45) is 0 Å². The quantitative estimate of drug-likeness (QED) is 0.731. The van der Waals surface area contributed by atoms with Gasteiger partial charge in [-0.15, -0.1) is 0 Å². The second-order valence-corrected chi connectivity index (χ2v) is 6.22. The first kappa shape index (κ1) is 21.0. The van der Waals surface area contributed by atoms with Gasteiger partial charge in [0.05, 0.1) is 20.2 Å². The number of nitrogens with zero attached hydrogens (tertiary/aromatic N) is 1. The van der Waals surface area contributed by atoms with E-state index in [0.717, 1.165) is 17.7 Å². The van der Waals surface area contributed by atoms with Gasteiger partial charge in [-0.1, -0.05) is 31.2 Å². The Morgan fingerprint density at radius 3 is 2.54 bits per heavy atom. The Morgan fingerprint density at radius 1 is 1.07 bits per heavy atom. The monoisotopic (exact) mass is 383 g/mol. The fourth-order valence-corrected chi connectivity index (χ4v) is 2.60. The SMILES string of the molecule is CCc1ccccc1NC(=O)CN(C)C(=O)CNC(=O)c1cccc(OC)c1. The molecule has 0 radical (unpaired) electrons. The van der Waals surface area contributed by atoms with Crippen LogP contribution in [0, 0.1) is 0 Å². The van der Waals surface area contributed by atoms with Crippen LogP contribution in [-0.4, -0.2) is 49.9 Å². The first-order valence-electron chi connectivity index (χ1n) is 8.98. The van der Waals surface area contributed by atoms with E-state index in [2.05, 4.69) is 10.6 Å². The molecule has 0 aromatic heterocycles. The molecular weight excluding hydrogens is 358 g/mol. The lowest BCUT2D eigenvalue weighted by molar-refractivity contribution is -0.132. The molecule has 2 aromatic carbocycles. The molecule has 0 fully saturated rings. The first-order chi connectivity index (χ1) is 13.4. The van der Waals surface area contributed by atoms with Crippen LogP contribution >= 0.6 is 0 Å². The molecule has 2 aromatic rings. The van der Waals surface area contributed by atoms with Crippen molar-refractivity contribution in [2.45, 2.75) is 13.3 Å². The number of nitrogens with one attached hydrogen (secondary N) is 2. The summed E-state index contributed by atoms with van der Waals surface area (Å²) in [6.07, 6.45) is 0.793. The van der Waals surface area contributed by atoms with Crippen LogP contribution in [0.2, 0.25) is 0 Å². The van der Waals surface area contributed by atoms with Crippen molar-refractivity contribution < 1.29 is 19.1 Å². The summed E-state index contributed by atoms with van der Waals surface area (Å²) in [5.74, 6) is -0.492. The Bertz CT molecular complexity index is 851. The number of carbonyl (C=O) groups excluding carboxylic acids is 3. The van der Waals surface area contributed by atoms with Gasteiger partial charge in [0.15, 0.2) is 0 Å². The molecule has 0 spiro atoms. The van der Waals surface area contributed by atoms with E-state index >= 15 is 0 Å². The number of likely N-dealkylation sites (N-methyl/N-ethyl adjacent to an activating group) is 1. The number of hydrogen-bond donors (Lipinski definition) is 2. The number of aryl methyl sites for hydroxylation is 1. The fraction of sp³-hybridized carbons (Fsp3) is 0.286. The van der Waals surface area contributed by atoms with Gasteiger partial charge in [-0.25, -0.2) is 0 Å². The molecule has 0 saturated carbocycles. The zero-order valence-corrected chi connectivity index (χ0v) is 16.3. The second-order valence-electron chi connectivity index (χ2n) is 6.22. The smallest absolute Gasteiger partial charge is 0.251 e. The summed E-state index contributed by atoms with van der Waals surface area (Å²) < 4.78 is 5.08. The molecule has 7 heteroatoms. The predicted molar refractivity (Wildman–Crippen MR) is 107 cm³/mol. The maximum absolute atomic E-state index is 12.2. The number of carbonyl (C=O) groups is 3. The molecule has 0 aliphatic carbocycles. The van der Waals surface area contributed by atoms with Gasteiger partial charge in [0.1, 0.15) is 5.75 Å². The van der Waals surface area contributed by atoms with Crippen molar-refractivity contribution in [3.63, 3.8) is 0 Å². The van der Waals surface area contributed by atoms with Crippen molar-refractivity contribution in [3.8, 4) is 5.75 Å². The molecular formula is C21H25N3O4. The minimum atomic E-state index is -0.387. The number of rotatable bonds is 8. The molecule has 28 heavy (non-hydrogen) atoms. The van der Waals surface area contributed by atoms with Crippen LogP contribution in [0.25, 0.3) is 0 Å². The lowest BCUT2D eigenvalue weighted by atomic mass is 10.1. The Labute approximate surface area is 164 Å². The number of anilines is 1. The van der Waals surface area contributed by atoms with Crippen molar-refractivity contribution >= 4 is 23.4 Å². The van der Waals surface area contributed by atoms with E-state index in [1.165, 1.54) is 19.1 Å². The van der Waals surface area contributed by atoms with Crippen LogP contribution in [0.15, 0.2) is 48.5 Å². The molecule has 0 aliphatic heterocycles. The van der Waals surface area contributed by atoms with Gasteiger partial charge in [0.25, 0.3) is 5.91 Å². The van der Waals surface area contributed by atoms with Crippen LogP contribution in [-0.2, 0) is 16.0 Å². The zero-order chi connectivity index (χ0) is 20.5. The predicted octanol–water partition coefficient (Wildman–Crippen LogP) is 2.08. The third-order valence-corrected chi connectivity index (χ3v) is 4.21. The number of ether oxygens (including phenoxy) is 1. The highest BCUT2D eigenvalue weighted by molar-refractivity contribution is 5.98. The fourth-order valence-electron chi connectivity index (χ4n) is 2.60. The minimum Gasteiger partial charge on any atom is -0.497 e. The standard InChI is InChI=1S/C21H25N3O4/c1-4-15-8-5-6-11-18(15)23-19(25)14-24(2)20(26)13-22-21(27)16-9-7-10-17(12-16)28-3/h5-12H,4,13-14H2,1-3H3,(H,22,27)(H,23,25). The summed E-state index contributed by atoms with van der Waals surface area (Å²) in [7, 11) is 3.03. The highest BCUT2D eigenvalue weighted by Crippen LogP contribution is 2.15. The largest absolute Gasteiger partial charge is 0.497 e. The summed E-state index contributed by atoms with van der Waals surface area (Å²) >= 11 is 0. The summed E-state index contributed by atoms with van der Waals surface area (Å²) in [6.45, 7) is 1.70. The van der Waals surface area contributed by atoms with Crippen LogP contribution in [0.3, 0.4) is 0 Å². The van der Waals surface area contributed by atoms with Crippen molar-refractivity contribution in [3.05, 3.63) is 59.7 Å². The van der Waals surface area contributed by atoms with Gasteiger partial charge in [-0.2, -0.15) is 0 Å². The summed E-state index contributed by atoms with van der Waals surface area (Å²) in [5.41, 5.74) is 2.15. The number of benzene rings is 2. The molecule has 0 saturated heterocycles. The molecule has 0 unspecified atom stereocenters. The Balaban J connectivity index is 1.85. The molecule has 7 nitrogen and oxygen atoms in total. The van der Waals surface area contributed by atoms with E-state index in [4.69, 9.17) is 4.74 Å².